The van der Waals surface area contributed by atoms with Crippen molar-refractivity contribution in [2.75, 3.05) is 28.4 Å². The van der Waals surface area contributed by atoms with Crippen molar-refractivity contribution in [3.8, 4) is 34.1 Å². The lowest BCUT2D eigenvalue weighted by molar-refractivity contribution is 0.0694. The Bertz CT molecular complexity index is 767. The lowest BCUT2D eigenvalue weighted by Gasteiger charge is -2.18. The number of rotatable bonds is 6. The molecule has 0 atom stereocenters. The Kier molecular flexibility index (Phi) is 5.18. The van der Waals surface area contributed by atoms with Crippen LogP contribution in [0, 0.1) is 6.92 Å². The van der Waals surface area contributed by atoms with E-state index in [0.29, 0.717) is 28.4 Å². The second kappa shape index (κ2) is 7.12. The molecule has 0 saturated heterocycles. The maximum atomic E-state index is 11.8. The van der Waals surface area contributed by atoms with Crippen molar-refractivity contribution >= 4 is 5.97 Å². The van der Waals surface area contributed by atoms with Crippen LogP contribution in [0.5, 0.6) is 23.0 Å². The summed E-state index contributed by atoms with van der Waals surface area (Å²) in [6.45, 7) is 1.86. The Labute approximate surface area is 140 Å². The molecule has 0 aliphatic heterocycles. The molecule has 0 heterocycles. The van der Waals surface area contributed by atoms with Crippen molar-refractivity contribution in [1.29, 1.82) is 0 Å². The minimum atomic E-state index is -1.10. The van der Waals surface area contributed by atoms with Crippen molar-refractivity contribution in [3.63, 3.8) is 0 Å². The molecule has 0 unspecified atom stereocenters. The number of carbonyl (C=O) groups is 1. The van der Waals surface area contributed by atoms with Crippen LogP contribution in [0.1, 0.15) is 15.9 Å². The highest BCUT2D eigenvalue weighted by molar-refractivity contribution is 6.01. The van der Waals surface area contributed by atoms with Gasteiger partial charge in [0.25, 0.3) is 0 Å². The van der Waals surface area contributed by atoms with Gasteiger partial charge in [0.15, 0.2) is 0 Å². The Morgan fingerprint density at radius 2 is 1.38 bits per heavy atom. The molecule has 2 aromatic carbocycles. The lowest BCUT2D eigenvalue weighted by atomic mass is 9.93. The second-order valence-electron chi connectivity index (χ2n) is 5.08. The molecule has 0 aromatic heterocycles. The van der Waals surface area contributed by atoms with Gasteiger partial charge in [-0.3, -0.25) is 0 Å². The molecule has 0 radical (unpaired) electrons. The van der Waals surface area contributed by atoms with Crippen LogP contribution in [0.3, 0.4) is 0 Å². The first-order valence-corrected chi connectivity index (χ1v) is 7.19. The normalized spacial score (nSPS) is 10.2. The van der Waals surface area contributed by atoms with Gasteiger partial charge in [-0.05, 0) is 24.6 Å². The molecular weight excluding hydrogens is 312 g/mol. The number of benzene rings is 2. The number of ether oxygens (including phenoxy) is 4. The second-order valence-corrected chi connectivity index (χ2v) is 5.08. The van der Waals surface area contributed by atoms with E-state index in [4.69, 9.17) is 18.9 Å². The standard InChI is InChI=1S/C18H20O6/c1-10-6-11(21-2)8-14(23-4)16(10)13-7-12(22-3)9-15(24-5)17(13)18(19)20/h6-9H,1-5H3,(H,19,20). The number of hydrogen-bond acceptors (Lipinski definition) is 5. The van der Waals surface area contributed by atoms with Crippen LogP contribution in [-0.4, -0.2) is 39.5 Å². The van der Waals surface area contributed by atoms with Gasteiger partial charge in [0.2, 0.25) is 0 Å². The molecule has 24 heavy (non-hydrogen) atoms. The number of aryl methyl sites for hydroxylation is 1. The fraction of sp³-hybridized carbons (Fsp3) is 0.278. The zero-order valence-electron chi connectivity index (χ0n) is 14.3. The van der Waals surface area contributed by atoms with Crippen molar-refractivity contribution < 1.29 is 28.8 Å². The molecule has 2 rings (SSSR count). The number of carboxylic acids is 1. The Balaban J connectivity index is 2.87. The molecule has 2 aromatic rings. The molecule has 0 bridgehead atoms. The summed E-state index contributed by atoms with van der Waals surface area (Å²) in [6.07, 6.45) is 0. The van der Waals surface area contributed by atoms with Gasteiger partial charge < -0.3 is 24.1 Å². The van der Waals surface area contributed by atoms with E-state index < -0.39 is 5.97 Å². The Hall–Kier alpha value is -2.89. The third kappa shape index (κ3) is 3.08. The zero-order chi connectivity index (χ0) is 17.9. The predicted octanol–water partition coefficient (Wildman–Crippen LogP) is 3.39. The van der Waals surface area contributed by atoms with Gasteiger partial charge in [-0.15, -0.1) is 0 Å². The first kappa shape index (κ1) is 17.5. The summed E-state index contributed by atoms with van der Waals surface area (Å²) < 4.78 is 21.2. The third-order valence-electron chi connectivity index (χ3n) is 3.74. The predicted molar refractivity (Wildman–Crippen MR) is 89.8 cm³/mol. The summed E-state index contributed by atoms with van der Waals surface area (Å²) in [5.74, 6) is 0.740. The van der Waals surface area contributed by atoms with Crippen molar-refractivity contribution in [2.24, 2.45) is 0 Å². The Morgan fingerprint density at radius 1 is 0.833 bits per heavy atom. The van der Waals surface area contributed by atoms with E-state index in [1.807, 2.05) is 13.0 Å². The summed E-state index contributed by atoms with van der Waals surface area (Å²) in [7, 11) is 6.01. The van der Waals surface area contributed by atoms with Crippen LogP contribution < -0.4 is 18.9 Å². The van der Waals surface area contributed by atoms with Gasteiger partial charge in [-0.2, -0.15) is 0 Å². The molecule has 0 fully saturated rings. The van der Waals surface area contributed by atoms with E-state index in [-0.39, 0.29) is 11.3 Å². The van der Waals surface area contributed by atoms with E-state index in [2.05, 4.69) is 0 Å². The largest absolute Gasteiger partial charge is 0.497 e. The van der Waals surface area contributed by atoms with Crippen LogP contribution >= 0.6 is 0 Å². The molecule has 0 aliphatic carbocycles. The minimum Gasteiger partial charge on any atom is -0.497 e. The van der Waals surface area contributed by atoms with Crippen LogP contribution in [-0.2, 0) is 0 Å². The summed E-state index contributed by atoms with van der Waals surface area (Å²) in [5.41, 5.74) is 1.96. The summed E-state index contributed by atoms with van der Waals surface area (Å²) in [5, 5.41) is 9.67. The van der Waals surface area contributed by atoms with Crippen LogP contribution in [0.4, 0.5) is 0 Å². The highest BCUT2D eigenvalue weighted by Crippen LogP contribution is 2.42. The fourth-order valence-electron chi connectivity index (χ4n) is 2.63. The van der Waals surface area contributed by atoms with Gasteiger partial charge in [0.05, 0.1) is 28.4 Å². The summed E-state index contributed by atoms with van der Waals surface area (Å²) in [6, 6.07) is 6.72. The van der Waals surface area contributed by atoms with E-state index in [0.717, 1.165) is 5.56 Å². The lowest BCUT2D eigenvalue weighted by Crippen LogP contribution is -2.05. The minimum absolute atomic E-state index is 0.0462. The third-order valence-corrected chi connectivity index (χ3v) is 3.74. The number of aromatic carboxylic acids is 1. The van der Waals surface area contributed by atoms with E-state index in [1.165, 1.54) is 27.4 Å². The topological polar surface area (TPSA) is 74.2 Å². The summed E-state index contributed by atoms with van der Waals surface area (Å²) in [4.78, 5) is 11.8. The maximum Gasteiger partial charge on any atom is 0.340 e. The fourth-order valence-corrected chi connectivity index (χ4v) is 2.63. The highest BCUT2D eigenvalue weighted by atomic mass is 16.5. The van der Waals surface area contributed by atoms with Gasteiger partial charge >= 0.3 is 5.97 Å². The molecule has 0 saturated carbocycles. The van der Waals surface area contributed by atoms with E-state index in [1.54, 1.807) is 19.2 Å². The van der Waals surface area contributed by atoms with Crippen molar-refractivity contribution in [1.82, 2.24) is 0 Å². The molecule has 128 valence electrons. The first-order valence-electron chi connectivity index (χ1n) is 7.19. The smallest absolute Gasteiger partial charge is 0.340 e. The van der Waals surface area contributed by atoms with Gasteiger partial charge in [-0.1, -0.05) is 0 Å². The number of methoxy groups -OCH3 is 4. The van der Waals surface area contributed by atoms with Crippen molar-refractivity contribution in [3.05, 3.63) is 35.4 Å². The van der Waals surface area contributed by atoms with Crippen molar-refractivity contribution in [2.45, 2.75) is 6.92 Å². The molecular formula is C18H20O6. The van der Waals surface area contributed by atoms with Crippen LogP contribution in [0.25, 0.3) is 11.1 Å². The zero-order valence-corrected chi connectivity index (χ0v) is 14.3. The van der Waals surface area contributed by atoms with Gasteiger partial charge in [0, 0.05) is 23.3 Å². The maximum absolute atomic E-state index is 11.8. The van der Waals surface area contributed by atoms with Gasteiger partial charge in [-0.25, -0.2) is 4.79 Å². The van der Waals surface area contributed by atoms with Crippen LogP contribution in [0.15, 0.2) is 24.3 Å². The average molecular weight is 332 g/mol. The first-order chi connectivity index (χ1) is 11.5. The molecule has 6 heteroatoms. The monoisotopic (exact) mass is 332 g/mol. The molecule has 0 amide bonds. The quantitative estimate of drug-likeness (QED) is 0.874. The average Bonchev–Trinajstić information content (AvgIpc) is 2.59. The van der Waals surface area contributed by atoms with E-state index in [9.17, 15) is 9.90 Å². The molecule has 1 N–H and O–H groups in total. The van der Waals surface area contributed by atoms with E-state index >= 15 is 0 Å². The van der Waals surface area contributed by atoms with Crippen LogP contribution in [0.2, 0.25) is 0 Å². The Morgan fingerprint density at radius 3 is 1.88 bits per heavy atom. The SMILES string of the molecule is COc1cc(C)c(-c2cc(OC)cc(OC)c2C(=O)O)c(OC)c1. The number of carboxylic acid groups (broad SMARTS) is 1. The van der Waals surface area contributed by atoms with Gasteiger partial charge in [0.1, 0.15) is 28.6 Å². The molecule has 0 aliphatic rings. The number of hydrogen-bond donors (Lipinski definition) is 1. The summed E-state index contributed by atoms with van der Waals surface area (Å²) >= 11 is 0. The molecule has 6 nitrogen and oxygen atoms in total. The highest BCUT2D eigenvalue weighted by Gasteiger charge is 2.23. The molecule has 0 spiro atoms.